The number of benzene rings is 7. The van der Waals surface area contributed by atoms with Crippen molar-refractivity contribution < 1.29 is 8.83 Å². The lowest BCUT2D eigenvalue weighted by Crippen LogP contribution is -1.97. The maximum Gasteiger partial charge on any atom is 0.164 e. The van der Waals surface area contributed by atoms with Gasteiger partial charge in [-0.25, -0.2) is 15.0 Å². The lowest BCUT2D eigenvalue weighted by Gasteiger charge is -2.15. The lowest BCUT2D eigenvalue weighted by atomic mass is 9.93. The van der Waals surface area contributed by atoms with Crippen molar-refractivity contribution >= 4 is 65.6 Å². The fraction of sp³-hybridized carbons (Fsp3) is 0. The summed E-state index contributed by atoms with van der Waals surface area (Å²) in [5.74, 6) is 0.610. The van der Waals surface area contributed by atoms with Crippen molar-refractivity contribution in [2.24, 2.45) is 0 Å². The molecule has 0 saturated heterocycles. The Morgan fingerprint density at radius 1 is 0.346 bits per heavy atom. The Bertz CT molecular complexity index is 3190. The number of hydrogen-bond donors (Lipinski definition) is 0. The molecule has 4 aromatic heterocycles. The highest BCUT2D eigenvalue weighted by Crippen LogP contribution is 2.42. The molecule has 0 aliphatic heterocycles. The average Bonchev–Trinajstić information content (AvgIpc) is 3.79. The van der Waals surface area contributed by atoms with Gasteiger partial charge in [-0.15, -0.1) is 0 Å². The summed E-state index contributed by atoms with van der Waals surface area (Å²) in [6, 6.07) is 56.1. The van der Waals surface area contributed by atoms with E-state index in [-0.39, 0.29) is 0 Å². The second-order valence-corrected chi connectivity index (χ2v) is 13.1. The number of aromatic nitrogens is 3. The summed E-state index contributed by atoms with van der Waals surface area (Å²) in [6.07, 6.45) is 0. The maximum atomic E-state index is 6.46. The summed E-state index contributed by atoms with van der Waals surface area (Å²) in [7, 11) is 0. The minimum Gasteiger partial charge on any atom is -0.455 e. The van der Waals surface area contributed by atoms with Gasteiger partial charge < -0.3 is 8.83 Å². The number of fused-ring (bicyclic) bond motifs is 9. The molecule has 0 unspecified atom stereocenters. The van der Waals surface area contributed by atoms with E-state index < -0.39 is 0 Å². The molecule has 0 atom stereocenters. The largest absolute Gasteiger partial charge is 0.455 e. The van der Waals surface area contributed by atoms with Crippen LogP contribution in [0.1, 0.15) is 0 Å². The smallest absolute Gasteiger partial charge is 0.164 e. The minimum absolute atomic E-state index is 0.610. The Hall–Kier alpha value is -7.11. The van der Waals surface area contributed by atoms with E-state index in [1.807, 2.05) is 60.7 Å². The zero-order chi connectivity index (χ0) is 34.2. The summed E-state index contributed by atoms with van der Waals surface area (Å²) >= 11 is 0. The highest BCUT2D eigenvalue weighted by Gasteiger charge is 2.21. The average molecular weight is 666 g/mol. The van der Waals surface area contributed by atoms with Crippen LogP contribution in [0.2, 0.25) is 0 Å². The Morgan fingerprint density at radius 3 is 1.71 bits per heavy atom. The van der Waals surface area contributed by atoms with Crippen molar-refractivity contribution in [3.8, 4) is 45.2 Å². The zero-order valence-corrected chi connectivity index (χ0v) is 27.7. The van der Waals surface area contributed by atoms with E-state index in [2.05, 4.69) is 103 Å². The first kappa shape index (κ1) is 28.7. The van der Waals surface area contributed by atoms with Crippen LogP contribution in [0.5, 0.6) is 0 Å². The van der Waals surface area contributed by atoms with Gasteiger partial charge in [-0.1, -0.05) is 133 Å². The molecule has 7 aromatic carbocycles. The van der Waals surface area contributed by atoms with E-state index in [0.717, 1.165) is 105 Å². The van der Waals surface area contributed by atoms with Crippen LogP contribution in [0.25, 0.3) is 111 Å². The first-order valence-electron chi connectivity index (χ1n) is 17.4. The second kappa shape index (κ2) is 11.2. The van der Waals surface area contributed by atoms with E-state index >= 15 is 0 Å². The predicted octanol–water partition coefficient (Wildman–Crippen LogP) is 12.6. The Balaban J connectivity index is 1.16. The molecule has 0 fully saturated rings. The van der Waals surface area contributed by atoms with Crippen LogP contribution < -0.4 is 0 Å². The van der Waals surface area contributed by atoms with Gasteiger partial charge in [-0.05, 0) is 41.1 Å². The van der Waals surface area contributed by atoms with Crippen molar-refractivity contribution in [1.82, 2.24) is 15.0 Å². The predicted molar refractivity (Wildman–Crippen MR) is 211 cm³/mol. The summed E-state index contributed by atoms with van der Waals surface area (Å²) < 4.78 is 12.8. The molecular weight excluding hydrogens is 639 g/mol. The third-order valence-electron chi connectivity index (χ3n) is 10.1. The molecule has 0 radical (unpaired) electrons. The van der Waals surface area contributed by atoms with Gasteiger partial charge in [0.05, 0.1) is 22.6 Å². The standard InChI is InChI=1S/C47H27N3O2/c1-2-13-28(14-3-1)39-27-40(49-47(48-39)38-22-12-21-35-32-17-8-10-23-41(32)51-45(35)38)31-25-26-34(30-16-5-4-15-29(30)31)43-33-18-6-7-19-36(33)46-44(50-43)37-20-9-11-24-42(37)52-46/h1-27H. The molecule has 0 amide bonds. The minimum atomic E-state index is 0.610. The van der Waals surface area contributed by atoms with E-state index in [1.165, 1.54) is 0 Å². The van der Waals surface area contributed by atoms with Gasteiger partial charge in [-0.3, -0.25) is 0 Å². The van der Waals surface area contributed by atoms with E-state index in [0.29, 0.717) is 5.82 Å². The van der Waals surface area contributed by atoms with Crippen molar-refractivity contribution in [1.29, 1.82) is 0 Å². The topological polar surface area (TPSA) is 65.0 Å². The molecule has 0 saturated carbocycles. The number of para-hydroxylation sites is 3. The first-order chi connectivity index (χ1) is 25.8. The van der Waals surface area contributed by atoms with Gasteiger partial charge in [0.15, 0.2) is 11.4 Å². The Morgan fingerprint density at radius 2 is 0.904 bits per heavy atom. The molecule has 0 aliphatic carbocycles. The molecule has 0 bridgehead atoms. The van der Waals surface area contributed by atoms with Gasteiger partial charge in [0.1, 0.15) is 22.3 Å². The number of rotatable bonds is 4. The quantitative estimate of drug-likeness (QED) is 0.187. The summed E-state index contributed by atoms with van der Waals surface area (Å²) in [4.78, 5) is 15.8. The Labute approximate surface area is 297 Å². The normalized spacial score (nSPS) is 11.8. The molecule has 11 aromatic rings. The number of nitrogens with zero attached hydrogens (tertiary/aromatic N) is 3. The third kappa shape index (κ3) is 4.33. The summed E-state index contributed by atoms with van der Waals surface area (Å²) in [6.45, 7) is 0. The molecule has 0 N–H and O–H groups in total. The van der Waals surface area contributed by atoms with Gasteiger partial charge >= 0.3 is 0 Å². The number of furan rings is 2. The van der Waals surface area contributed by atoms with Gasteiger partial charge in [0, 0.05) is 43.6 Å². The fourth-order valence-corrected chi connectivity index (χ4v) is 7.71. The highest BCUT2D eigenvalue weighted by molar-refractivity contribution is 6.18. The maximum absolute atomic E-state index is 6.46. The molecule has 0 spiro atoms. The molecule has 11 rings (SSSR count). The van der Waals surface area contributed by atoms with Crippen LogP contribution in [-0.2, 0) is 0 Å². The summed E-state index contributed by atoms with van der Waals surface area (Å²) in [5, 5.41) is 7.37. The number of hydrogen-bond acceptors (Lipinski definition) is 5. The molecular formula is C47H27N3O2. The van der Waals surface area contributed by atoms with Crippen LogP contribution in [0.3, 0.4) is 0 Å². The van der Waals surface area contributed by atoms with Crippen LogP contribution in [0.4, 0.5) is 0 Å². The van der Waals surface area contributed by atoms with Crippen LogP contribution in [0.15, 0.2) is 173 Å². The van der Waals surface area contributed by atoms with E-state index in [9.17, 15) is 0 Å². The second-order valence-electron chi connectivity index (χ2n) is 13.1. The molecule has 5 nitrogen and oxygen atoms in total. The molecule has 5 heteroatoms. The van der Waals surface area contributed by atoms with Crippen molar-refractivity contribution in [2.75, 3.05) is 0 Å². The van der Waals surface area contributed by atoms with Crippen molar-refractivity contribution in [2.45, 2.75) is 0 Å². The third-order valence-corrected chi connectivity index (χ3v) is 10.1. The SMILES string of the molecule is c1ccc(-c2cc(-c3ccc(-c4nc5c6ccccc6oc5c5ccccc45)c4ccccc34)nc(-c3cccc4c3oc3ccccc34)n2)cc1. The van der Waals surface area contributed by atoms with Crippen molar-refractivity contribution in [3.63, 3.8) is 0 Å². The van der Waals surface area contributed by atoms with Gasteiger partial charge in [0.25, 0.3) is 0 Å². The fourth-order valence-electron chi connectivity index (χ4n) is 7.71. The van der Waals surface area contributed by atoms with Gasteiger partial charge in [-0.2, -0.15) is 0 Å². The van der Waals surface area contributed by atoms with Crippen LogP contribution >= 0.6 is 0 Å². The Kier molecular flexibility index (Phi) is 6.18. The summed E-state index contributed by atoms with van der Waals surface area (Å²) in [5.41, 5.74) is 10.6. The van der Waals surface area contributed by atoms with E-state index in [4.69, 9.17) is 23.8 Å². The highest BCUT2D eigenvalue weighted by atomic mass is 16.3. The monoisotopic (exact) mass is 665 g/mol. The molecule has 0 aliphatic rings. The van der Waals surface area contributed by atoms with Crippen LogP contribution in [-0.4, -0.2) is 15.0 Å². The van der Waals surface area contributed by atoms with Gasteiger partial charge in [0.2, 0.25) is 0 Å². The zero-order valence-electron chi connectivity index (χ0n) is 27.7. The molecule has 4 heterocycles. The lowest BCUT2D eigenvalue weighted by molar-refractivity contribution is 0.669. The molecule has 52 heavy (non-hydrogen) atoms. The first-order valence-corrected chi connectivity index (χ1v) is 17.4. The van der Waals surface area contributed by atoms with E-state index in [1.54, 1.807) is 0 Å². The number of pyridine rings is 1. The van der Waals surface area contributed by atoms with Crippen LogP contribution in [0, 0.1) is 0 Å². The van der Waals surface area contributed by atoms with Crippen molar-refractivity contribution in [3.05, 3.63) is 164 Å². The molecule has 242 valence electrons.